The van der Waals surface area contributed by atoms with Crippen LogP contribution < -0.4 is 33.3 Å². The smallest absolute Gasteiger partial charge is 0.290 e. The largest absolute Gasteiger partial charge is 1.00 e. The van der Waals surface area contributed by atoms with Crippen molar-refractivity contribution in [3.8, 4) is 5.75 Å². The van der Waals surface area contributed by atoms with Crippen LogP contribution in [-0.2, 0) is 25.4 Å². The minimum Gasteiger partial charge on any atom is -1.00 e. The molecule has 4 nitrogen and oxygen atoms in total. The van der Waals surface area contributed by atoms with Crippen molar-refractivity contribution in [3.63, 3.8) is 0 Å². The SMILES string of the molecule is COc1ccc(C(OCc2ccccc2)c2n(C)cc[n+]2C)cc1.[I-]. The second-order valence-corrected chi connectivity index (χ2v) is 5.83. The van der Waals surface area contributed by atoms with Gasteiger partial charge in [-0.05, 0) is 23.3 Å². The number of nitrogens with zero attached hydrogens (tertiary/aromatic N) is 2. The summed E-state index contributed by atoms with van der Waals surface area (Å²) < 4.78 is 15.8. The maximum Gasteiger partial charge on any atom is 0.290 e. The van der Waals surface area contributed by atoms with E-state index in [1.165, 1.54) is 0 Å². The van der Waals surface area contributed by atoms with Gasteiger partial charge in [-0.1, -0.05) is 42.5 Å². The highest BCUT2D eigenvalue weighted by Gasteiger charge is 2.27. The van der Waals surface area contributed by atoms with Gasteiger partial charge in [-0.2, -0.15) is 0 Å². The van der Waals surface area contributed by atoms with Gasteiger partial charge in [0.15, 0.2) is 6.10 Å². The number of halogens is 1. The van der Waals surface area contributed by atoms with Crippen molar-refractivity contribution in [1.82, 2.24) is 4.57 Å². The van der Waals surface area contributed by atoms with Crippen LogP contribution in [0.15, 0.2) is 67.0 Å². The standard InChI is InChI=1S/C20H23N2O2.HI/c1-21-13-14-22(2)20(21)19(17-9-11-18(23-3)12-10-17)24-15-16-7-5-4-6-8-16;/h4-14,19H,15H2,1-3H3;1H/q+1;/p-1. The average Bonchev–Trinajstić information content (AvgIpc) is 2.96. The Morgan fingerprint density at radius 2 is 1.72 bits per heavy atom. The molecule has 1 unspecified atom stereocenters. The Hall–Kier alpha value is -1.86. The molecular weight excluding hydrogens is 427 g/mol. The molecule has 3 rings (SSSR count). The van der Waals surface area contributed by atoms with E-state index in [9.17, 15) is 0 Å². The first kappa shape index (κ1) is 19.5. The molecule has 0 N–H and O–H groups in total. The summed E-state index contributed by atoms with van der Waals surface area (Å²) in [6.45, 7) is 0.558. The third-order valence-corrected chi connectivity index (χ3v) is 4.15. The molecule has 132 valence electrons. The van der Waals surface area contributed by atoms with E-state index in [2.05, 4.69) is 33.4 Å². The number of imidazole rings is 1. The molecule has 0 aliphatic heterocycles. The molecule has 25 heavy (non-hydrogen) atoms. The van der Waals surface area contributed by atoms with Gasteiger partial charge in [-0.25, -0.2) is 9.13 Å². The number of benzene rings is 2. The summed E-state index contributed by atoms with van der Waals surface area (Å²) in [5, 5.41) is 0. The average molecular weight is 450 g/mol. The highest BCUT2D eigenvalue weighted by atomic mass is 127. The van der Waals surface area contributed by atoms with Crippen LogP contribution >= 0.6 is 0 Å². The van der Waals surface area contributed by atoms with E-state index in [-0.39, 0.29) is 30.1 Å². The summed E-state index contributed by atoms with van der Waals surface area (Å²) in [6.07, 6.45) is 3.93. The number of aryl methyl sites for hydroxylation is 2. The van der Waals surface area contributed by atoms with Gasteiger partial charge in [0.25, 0.3) is 5.82 Å². The molecule has 0 fully saturated rings. The Morgan fingerprint density at radius 1 is 1.04 bits per heavy atom. The van der Waals surface area contributed by atoms with Crippen LogP contribution in [0.1, 0.15) is 23.1 Å². The zero-order valence-corrected chi connectivity index (χ0v) is 16.9. The van der Waals surface area contributed by atoms with Crippen molar-refractivity contribution in [3.05, 3.63) is 83.9 Å². The molecule has 3 aromatic rings. The fourth-order valence-electron chi connectivity index (χ4n) is 2.82. The van der Waals surface area contributed by atoms with Gasteiger partial charge in [0.05, 0.1) is 27.8 Å². The zero-order valence-electron chi connectivity index (χ0n) is 14.7. The van der Waals surface area contributed by atoms with Gasteiger partial charge >= 0.3 is 0 Å². The summed E-state index contributed by atoms with van der Waals surface area (Å²) in [4.78, 5) is 0. The summed E-state index contributed by atoms with van der Waals surface area (Å²) >= 11 is 0. The van der Waals surface area contributed by atoms with Gasteiger partial charge in [-0.3, -0.25) is 0 Å². The molecular formula is C20H23IN2O2. The lowest BCUT2D eigenvalue weighted by Crippen LogP contribution is -3.00. The lowest BCUT2D eigenvalue weighted by atomic mass is 10.1. The van der Waals surface area contributed by atoms with Crippen LogP contribution in [-0.4, -0.2) is 11.7 Å². The van der Waals surface area contributed by atoms with E-state index in [1.54, 1.807) is 7.11 Å². The molecule has 1 heterocycles. The molecule has 5 heteroatoms. The lowest BCUT2D eigenvalue weighted by molar-refractivity contribution is -0.682. The van der Waals surface area contributed by atoms with Crippen LogP contribution in [0.3, 0.4) is 0 Å². The van der Waals surface area contributed by atoms with E-state index in [1.807, 2.05) is 56.8 Å². The number of hydrogen-bond donors (Lipinski definition) is 0. The first-order valence-electron chi connectivity index (χ1n) is 7.99. The normalized spacial score (nSPS) is 11.6. The predicted octanol–water partition coefficient (Wildman–Crippen LogP) is 0.168. The maximum absolute atomic E-state index is 6.31. The van der Waals surface area contributed by atoms with Gasteiger partial charge in [0.2, 0.25) is 0 Å². The first-order valence-corrected chi connectivity index (χ1v) is 7.99. The van der Waals surface area contributed by atoms with Gasteiger partial charge < -0.3 is 33.5 Å². The lowest BCUT2D eigenvalue weighted by Gasteiger charge is -2.16. The van der Waals surface area contributed by atoms with Crippen molar-refractivity contribution in [2.24, 2.45) is 14.1 Å². The molecule has 0 amide bonds. The van der Waals surface area contributed by atoms with Crippen LogP contribution in [0.4, 0.5) is 0 Å². The highest BCUT2D eigenvalue weighted by molar-refractivity contribution is 5.30. The number of hydrogen-bond acceptors (Lipinski definition) is 2. The number of ether oxygens (including phenoxy) is 2. The topological polar surface area (TPSA) is 27.3 Å². The van der Waals surface area contributed by atoms with Gasteiger partial charge in [-0.15, -0.1) is 0 Å². The van der Waals surface area contributed by atoms with Crippen molar-refractivity contribution >= 4 is 0 Å². The quantitative estimate of drug-likeness (QED) is 0.396. The third kappa shape index (κ3) is 4.61. The first-order chi connectivity index (χ1) is 11.7. The fraction of sp³-hybridized carbons (Fsp3) is 0.250. The van der Waals surface area contributed by atoms with Crippen molar-refractivity contribution in [2.75, 3.05) is 7.11 Å². The molecule has 0 saturated heterocycles. The Balaban J connectivity index is 0.00000225. The van der Waals surface area contributed by atoms with Crippen molar-refractivity contribution < 1.29 is 38.0 Å². The zero-order chi connectivity index (χ0) is 16.9. The van der Waals surface area contributed by atoms with Crippen molar-refractivity contribution in [2.45, 2.75) is 12.7 Å². The van der Waals surface area contributed by atoms with E-state index < -0.39 is 0 Å². The van der Waals surface area contributed by atoms with E-state index in [4.69, 9.17) is 9.47 Å². The van der Waals surface area contributed by atoms with Crippen molar-refractivity contribution in [1.29, 1.82) is 0 Å². The van der Waals surface area contributed by atoms with E-state index >= 15 is 0 Å². The van der Waals surface area contributed by atoms with E-state index in [0.717, 1.165) is 22.7 Å². The minimum absolute atomic E-state index is 0. The Bertz CT molecular complexity index is 766. The molecule has 0 bridgehead atoms. The van der Waals surface area contributed by atoms with Crippen LogP contribution in [0.5, 0.6) is 5.75 Å². The predicted molar refractivity (Wildman–Crippen MR) is 92.7 cm³/mol. The molecule has 0 saturated carbocycles. The molecule has 0 radical (unpaired) electrons. The van der Waals surface area contributed by atoms with Gasteiger partial charge in [0, 0.05) is 0 Å². The van der Waals surface area contributed by atoms with Crippen LogP contribution in [0, 0.1) is 0 Å². The number of rotatable bonds is 6. The Morgan fingerprint density at radius 3 is 2.28 bits per heavy atom. The molecule has 0 spiro atoms. The third-order valence-electron chi connectivity index (χ3n) is 4.15. The van der Waals surface area contributed by atoms with Crippen LogP contribution in [0.2, 0.25) is 0 Å². The summed E-state index contributed by atoms with van der Waals surface area (Å²) in [6, 6.07) is 18.3. The summed E-state index contributed by atoms with van der Waals surface area (Å²) in [7, 11) is 5.76. The van der Waals surface area contributed by atoms with Gasteiger partial charge in [0.1, 0.15) is 18.1 Å². The molecule has 2 aromatic carbocycles. The molecule has 0 aliphatic rings. The molecule has 0 aliphatic carbocycles. The Kier molecular flexibility index (Phi) is 7.01. The molecule has 1 aromatic heterocycles. The summed E-state index contributed by atoms with van der Waals surface area (Å²) in [5.74, 6) is 1.94. The fourth-order valence-corrected chi connectivity index (χ4v) is 2.82. The highest BCUT2D eigenvalue weighted by Crippen LogP contribution is 2.26. The summed E-state index contributed by atoms with van der Waals surface area (Å²) in [5.41, 5.74) is 2.26. The number of methoxy groups -OCH3 is 1. The molecule has 1 atom stereocenters. The second-order valence-electron chi connectivity index (χ2n) is 5.83. The van der Waals surface area contributed by atoms with E-state index in [0.29, 0.717) is 6.61 Å². The number of aromatic nitrogens is 2. The minimum atomic E-state index is -0.152. The maximum atomic E-state index is 6.31. The Labute approximate surface area is 166 Å². The van der Waals surface area contributed by atoms with Crippen LogP contribution in [0.25, 0.3) is 0 Å². The monoisotopic (exact) mass is 450 g/mol. The second kappa shape index (κ2) is 9.01.